The highest BCUT2D eigenvalue weighted by Crippen LogP contribution is 2.20. The fourth-order valence-corrected chi connectivity index (χ4v) is 3.64. The number of rotatable bonds is 12. The summed E-state index contributed by atoms with van der Waals surface area (Å²) in [5, 5.41) is 9.93. The smallest absolute Gasteiger partial charge is 0.339 e. The van der Waals surface area contributed by atoms with Crippen molar-refractivity contribution in [2.75, 3.05) is 0 Å². The van der Waals surface area contributed by atoms with Crippen molar-refractivity contribution >= 4 is 16.9 Å². The molecule has 0 radical (unpaired) electrons. The lowest BCUT2D eigenvalue weighted by atomic mass is 9.93. The van der Waals surface area contributed by atoms with Crippen molar-refractivity contribution in [3.8, 4) is 0 Å². The summed E-state index contributed by atoms with van der Waals surface area (Å²) in [5.74, 6) is -0.873. The molecule has 2 aromatic rings. The Labute approximate surface area is 167 Å². The number of unbranched alkanes of at least 4 members (excludes halogenated alkanes) is 7. The molecule has 2 rings (SSSR count). The van der Waals surface area contributed by atoms with Crippen LogP contribution in [0.1, 0.15) is 75.8 Å². The van der Waals surface area contributed by atoms with E-state index in [1.54, 1.807) is 17.6 Å². The maximum absolute atomic E-state index is 12.3. The Balaban J connectivity index is 1.94. The van der Waals surface area contributed by atoms with Gasteiger partial charge in [0.15, 0.2) is 0 Å². The van der Waals surface area contributed by atoms with Crippen LogP contribution in [-0.2, 0) is 11.2 Å². The monoisotopic (exact) mass is 387 g/mol. The number of aryl methyl sites for hydroxylation is 1. The molecule has 1 aromatic heterocycles. The molecule has 1 amide bonds. The van der Waals surface area contributed by atoms with Crippen LogP contribution in [0.4, 0.5) is 0 Å². The summed E-state index contributed by atoms with van der Waals surface area (Å²) >= 11 is 0. The van der Waals surface area contributed by atoms with Crippen LogP contribution in [0.5, 0.6) is 0 Å². The van der Waals surface area contributed by atoms with Crippen LogP contribution < -0.4 is 11.1 Å². The summed E-state index contributed by atoms with van der Waals surface area (Å²) in [4.78, 5) is 24.4. The second-order valence-electron chi connectivity index (χ2n) is 7.74. The number of nitrogens with one attached hydrogen (secondary N) is 1. The summed E-state index contributed by atoms with van der Waals surface area (Å²) in [6, 6.07) is 7.45. The number of hydroxylamine groups is 1. The molecule has 0 aliphatic carbocycles. The van der Waals surface area contributed by atoms with E-state index in [0.29, 0.717) is 17.6 Å². The van der Waals surface area contributed by atoms with Crippen LogP contribution in [0.15, 0.2) is 33.5 Å². The molecule has 5 heteroatoms. The lowest BCUT2D eigenvalue weighted by Gasteiger charge is -2.14. The minimum Gasteiger partial charge on any atom is -0.423 e. The van der Waals surface area contributed by atoms with Crippen LogP contribution in [0.2, 0.25) is 0 Å². The van der Waals surface area contributed by atoms with Crippen LogP contribution in [0.3, 0.4) is 0 Å². The molecule has 0 fully saturated rings. The molecule has 0 saturated heterocycles. The molecule has 0 aliphatic heterocycles. The number of hydrogen-bond donors (Lipinski definition) is 2. The van der Waals surface area contributed by atoms with Crippen molar-refractivity contribution in [2.24, 2.45) is 5.92 Å². The SMILES string of the molecule is CCCCCCCCCCC(Cc1cc2cc(C)ccc2oc1=O)C(=O)NO. The fraction of sp³-hybridized carbons (Fsp3) is 0.565. The Kier molecular flexibility index (Phi) is 9.21. The van der Waals surface area contributed by atoms with E-state index in [1.165, 1.54) is 32.1 Å². The van der Waals surface area contributed by atoms with Crippen LogP contribution in [-0.4, -0.2) is 11.1 Å². The molecule has 0 saturated carbocycles. The van der Waals surface area contributed by atoms with E-state index in [4.69, 9.17) is 9.62 Å². The highest BCUT2D eigenvalue weighted by atomic mass is 16.5. The molecule has 5 nitrogen and oxygen atoms in total. The molecular weight excluding hydrogens is 354 g/mol. The van der Waals surface area contributed by atoms with Gasteiger partial charge in [-0.05, 0) is 38.0 Å². The molecule has 0 bridgehead atoms. The molecule has 154 valence electrons. The Hall–Kier alpha value is -2.14. The summed E-state index contributed by atoms with van der Waals surface area (Å²) in [7, 11) is 0. The van der Waals surface area contributed by atoms with E-state index in [-0.39, 0.29) is 6.42 Å². The van der Waals surface area contributed by atoms with Crippen LogP contribution in [0.25, 0.3) is 11.0 Å². The number of amides is 1. The first-order valence-corrected chi connectivity index (χ1v) is 10.5. The van der Waals surface area contributed by atoms with Gasteiger partial charge in [0.05, 0.1) is 0 Å². The van der Waals surface area contributed by atoms with Crippen LogP contribution in [0, 0.1) is 12.8 Å². The third-order valence-corrected chi connectivity index (χ3v) is 5.31. The van der Waals surface area contributed by atoms with Gasteiger partial charge in [-0.2, -0.15) is 0 Å². The second kappa shape index (κ2) is 11.6. The van der Waals surface area contributed by atoms with Gasteiger partial charge in [0, 0.05) is 16.9 Å². The third-order valence-electron chi connectivity index (χ3n) is 5.31. The predicted octanol–water partition coefficient (Wildman–Crippen LogP) is 5.30. The highest BCUT2D eigenvalue weighted by molar-refractivity contribution is 5.79. The summed E-state index contributed by atoms with van der Waals surface area (Å²) in [6.07, 6.45) is 10.4. The lowest BCUT2D eigenvalue weighted by Crippen LogP contribution is -2.30. The van der Waals surface area contributed by atoms with Gasteiger partial charge in [0.1, 0.15) is 5.58 Å². The van der Waals surface area contributed by atoms with Crippen molar-refractivity contribution in [2.45, 2.75) is 78.1 Å². The van der Waals surface area contributed by atoms with Crippen LogP contribution >= 0.6 is 0 Å². The van der Waals surface area contributed by atoms with Gasteiger partial charge in [0.2, 0.25) is 5.91 Å². The van der Waals surface area contributed by atoms with Crippen molar-refractivity contribution < 1.29 is 14.4 Å². The summed E-state index contributed by atoms with van der Waals surface area (Å²) in [5.41, 5.74) is 3.45. The highest BCUT2D eigenvalue weighted by Gasteiger charge is 2.20. The quantitative estimate of drug-likeness (QED) is 0.224. The average molecular weight is 388 g/mol. The van der Waals surface area contributed by atoms with E-state index < -0.39 is 17.5 Å². The molecule has 1 unspecified atom stereocenters. The zero-order valence-corrected chi connectivity index (χ0v) is 17.1. The summed E-state index contributed by atoms with van der Waals surface area (Å²) < 4.78 is 5.40. The standard InChI is InChI=1S/C23H33NO4/c1-3-4-5-6-7-8-9-10-11-18(22(25)24-27)15-20-16-19-14-17(2)12-13-21(19)28-23(20)26/h12-14,16,18,27H,3-11,15H2,1-2H3,(H,24,25). The number of carbonyl (C=O) groups excluding carboxylic acids is 1. The minimum absolute atomic E-state index is 0.273. The molecule has 2 N–H and O–H groups in total. The van der Waals surface area contributed by atoms with E-state index >= 15 is 0 Å². The Morgan fingerprint density at radius 3 is 2.43 bits per heavy atom. The zero-order chi connectivity index (χ0) is 20.4. The van der Waals surface area contributed by atoms with Gasteiger partial charge in [-0.25, -0.2) is 10.3 Å². The average Bonchev–Trinajstić information content (AvgIpc) is 2.69. The summed E-state index contributed by atoms with van der Waals surface area (Å²) in [6.45, 7) is 4.19. The first-order valence-electron chi connectivity index (χ1n) is 10.5. The largest absolute Gasteiger partial charge is 0.423 e. The van der Waals surface area contributed by atoms with E-state index in [1.807, 2.05) is 19.1 Å². The molecule has 1 aromatic carbocycles. The number of benzene rings is 1. The predicted molar refractivity (Wildman–Crippen MR) is 112 cm³/mol. The molecule has 28 heavy (non-hydrogen) atoms. The first-order chi connectivity index (χ1) is 13.5. The molecule has 0 aliphatic rings. The van der Waals surface area contributed by atoms with Gasteiger partial charge < -0.3 is 4.42 Å². The maximum atomic E-state index is 12.3. The molecule has 1 atom stereocenters. The van der Waals surface area contributed by atoms with Gasteiger partial charge in [-0.1, -0.05) is 69.9 Å². The Morgan fingerprint density at radius 1 is 1.07 bits per heavy atom. The van der Waals surface area contributed by atoms with Gasteiger partial charge in [-0.3, -0.25) is 10.0 Å². The third kappa shape index (κ3) is 6.79. The van der Waals surface area contributed by atoms with E-state index in [0.717, 1.165) is 30.2 Å². The van der Waals surface area contributed by atoms with Crippen molar-refractivity contribution in [1.82, 2.24) is 5.48 Å². The van der Waals surface area contributed by atoms with E-state index in [2.05, 4.69) is 6.92 Å². The normalized spacial score (nSPS) is 12.2. The number of fused-ring (bicyclic) bond motifs is 1. The van der Waals surface area contributed by atoms with Gasteiger partial charge >= 0.3 is 5.63 Å². The number of hydrogen-bond acceptors (Lipinski definition) is 4. The Bertz CT molecular complexity index is 812. The van der Waals surface area contributed by atoms with Crippen molar-refractivity contribution in [1.29, 1.82) is 0 Å². The first kappa shape index (κ1) is 22.2. The van der Waals surface area contributed by atoms with E-state index in [9.17, 15) is 9.59 Å². The van der Waals surface area contributed by atoms with Gasteiger partial charge in [-0.15, -0.1) is 0 Å². The molecular formula is C23H33NO4. The number of carbonyl (C=O) groups is 1. The minimum atomic E-state index is -0.438. The molecule has 1 heterocycles. The fourth-order valence-electron chi connectivity index (χ4n) is 3.64. The second-order valence-corrected chi connectivity index (χ2v) is 7.74. The Morgan fingerprint density at radius 2 is 1.75 bits per heavy atom. The van der Waals surface area contributed by atoms with Crippen molar-refractivity contribution in [3.05, 3.63) is 45.8 Å². The lowest BCUT2D eigenvalue weighted by molar-refractivity contribution is -0.133. The zero-order valence-electron chi connectivity index (χ0n) is 17.1. The molecule has 0 spiro atoms. The van der Waals surface area contributed by atoms with Crippen molar-refractivity contribution in [3.63, 3.8) is 0 Å². The topological polar surface area (TPSA) is 79.5 Å². The van der Waals surface area contributed by atoms with Gasteiger partial charge in [0.25, 0.3) is 0 Å². The maximum Gasteiger partial charge on any atom is 0.339 e.